The molecule has 0 spiro atoms. The lowest BCUT2D eigenvalue weighted by Gasteiger charge is -2.18. The fourth-order valence-electron chi connectivity index (χ4n) is 4.46. The van der Waals surface area contributed by atoms with Crippen LogP contribution in [0.5, 0.6) is 5.75 Å². The van der Waals surface area contributed by atoms with Crippen LogP contribution in [0, 0.1) is 12.8 Å². The van der Waals surface area contributed by atoms with Crippen molar-refractivity contribution in [1.29, 1.82) is 0 Å². The van der Waals surface area contributed by atoms with Gasteiger partial charge in [-0.05, 0) is 82.6 Å². The van der Waals surface area contributed by atoms with Crippen LogP contribution in [-0.4, -0.2) is 60.2 Å². The van der Waals surface area contributed by atoms with Gasteiger partial charge in [-0.1, -0.05) is 40.9 Å². The number of carboxylic acids is 1. The average Bonchev–Trinajstić information content (AvgIpc) is 3.73. The number of aryl methyl sites for hydroxylation is 1. The maximum atomic E-state index is 13.2. The molecule has 0 radical (unpaired) electrons. The number of amides is 1. The van der Waals surface area contributed by atoms with E-state index in [9.17, 15) is 14.7 Å². The Balaban J connectivity index is 1.72. The summed E-state index contributed by atoms with van der Waals surface area (Å²) < 4.78 is 5.99. The van der Waals surface area contributed by atoms with E-state index in [0.29, 0.717) is 33.7 Å². The molecular weight excluding hydrogens is 537 g/mol. The van der Waals surface area contributed by atoms with Crippen LogP contribution in [-0.2, 0) is 4.79 Å². The second-order valence-electron chi connectivity index (χ2n) is 10.2. The van der Waals surface area contributed by atoms with Crippen molar-refractivity contribution in [2.75, 3.05) is 27.2 Å². The van der Waals surface area contributed by atoms with Crippen LogP contribution < -0.4 is 10.1 Å². The molecule has 2 N–H and O–H groups in total. The molecule has 0 bridgehead atoms. The molecule has 1 saturated carbocycles. The first-order valence-electron chi connectivity index (χ1n) is 13.0. The smallest absolute Gasteiger partial charge is 0.305 e. The average molecular weight is 571 g/mol. The predicted molar refractivity (Wildman–Crippen MR) is 155 cm³/mol. The number of carboxylic acid groups (broad SMARTS) is 1. The van der Waals surface area contributed by atoms with Crippen LogP contribution in [0.2, 0.25) is 10.0 Å². The summed E-state index contributed by atoms with van der Waals surface area (Å²) in [6, 6.07) is 14.2. The summed E-state index contributed by atoms with van der Waals surface area (Å²) in [5, 5.41) is 13.2. The van der Waals surface area contributed by atoms with Crippen LogP contribution >= 0.6 is 23.2 Å². The monoisotopic (exact) mass is 569 g/mol. The molecule has 0 saturated heterocycles. The van der Waals surface area contributed by atoms with Crippen LogP contribution in [0.25, 0.3) is 22.4 Å². The summed E-state index contributed by atoms with van der Waals surface area (Å²) in [5.41, 5.74) is 4.03. The number of carbonyl (C=O) groups is 2. The lowest BCUT2D eigenvalue weighted by Crippen LogP contribution is -2.38. The van der Waals surface area contributed by atoms with E-state index in [1.165, 1.54) is 0 Å². The molecule has 1 unspecified atom stereocenters. The third-order valence-corrected chi connectivity index (χ3v) is 7.30. The lowest BCUT2D eigenvalue weighted by atomic mass is 9.97. The van der Waals surface area contributed by atoms with E-state index >= 15 is 0 Å². The molecule has 1 aromatic heterocycles. The van der Waals surface area contributed by atoms with Crippen molar-refractivity contribution in [2.45, 2.75) is 38.6 Å². The van der Waals surface area contributed by atoms with Gasteiger partial charge in [-0.15, -0.1) is 0 Å². The predicted octanol–water partition coefficient (Wildman–Crippen LogP) is 6.34. The van der Waals surface area contributed by atoms with Gasteiger partial charge in [0.15, 0.2) is 0 Å². The summed E-state index contributed by atoms with van der Waals surface area (Å²) in [4.78, 5) is 31.4. The third-order valence-electron chi connectivity index (χ3n) is 6.65. The van der Waals surface area contributed by atoms with Crippen LogP contribution in [0.15, 0.2) is 48.5 Å². The van der Waals surface area contributed by atoms with Crippen LogP contribution in [0.4, 0.5) is 0 Å². The Morgan fingerprint density at radius 2 is 1.82 bits per heavy atom. The third kappa shape index (κ3) is 7.72. The summed E-state index contributed by atoms with van der Waals surface area (Å²) in [6.07, 6.45) is 2.53. The first kappa shape index (κ1) is 28.9. The number of benzene rings is 2. The van der Waals surface area contributed by atoms with E-state index in [0.717, 1.165) is 42.5 Å². The highest BCUT2D eigenvalue weighted by molar-refractivity contribution is 6.33. The number of nitrogens with zero attached hydrogens (tertiary/aromatic N) is 2. The summed E-state index contributed by atoms with van der Waals surface area (Å²) in [6.45, 7) is 3.37. The molecule has 2 aromatic carbocycles. The van der Waals surface area contributed by atoms with Gasteiger partial charge >= 0.3 is 5.97 Å². The van der Waals surface area contributed by atoms with Crippen LogP contribution in [0.1, 0.15) is 41.7 Å². The van der Waals surface area contributed by atoms with Crippen molar-refractivity contribution >= 4 is 35.1 Å². The zero-order valence-electron chi connectivity index (χ0n) is 22.3. The number of hydrogen-bond donors (Lipinski definition) is 2. The Bertz CT molecular complexity index is 1360. The van der Waals surface area contributed by atoms with Gasteiger partial charge in [0.05, 0.1) is 23.7 Å². The molecule has 206 valence electrons. The highest BCUT2D eigenvalue weighted by atomic mass is 35.5. The van der Waals surface area contributed by atoms with E-state index < -0.39 is 17.9 Å². The maximum Gasteiger partial charge on any atom is 0.305 e. The van der Waals surface area contributed by atoms with Crippen molar-refractivity contribution in [3.63, 3.8) is 0 Å². The maximum absolute atomic E-state index is 13.2. The van der Waals surface area contributed by atoms with Crippen molar-refractivity contribution in [1.82, 2.24) is 15.2 Å². The number of rotatable bonds is 12. The molecule has 9 heteroatoms. The lowest BCUT2D eigenvalue weighted by molar-refractivity contribution is -0.137. The minimum atomic E-state index is -0.940. The molecular formula is C30H33Cl2N3O4. The van der Waals surface area contributed by atoms with Gasteiger partial charge in [-0.25, -0.2) is 4.98 Å². The standard InChI is InChI=1S/C30H33Cl2N3O4/c1-18-5-10-23(31)22(15-18)21-9-12-25(30(38)34-26(17-28(36)37)19-6-7-19)33-29(21)20-8-11-24(32)27(16-20)39-14-4-13-35(2)3/h5,8-12,15-16,19,26H,4,6-7,13-14,17H2,1-3H3,(H,34,38)(H,36,37). The zero-order valence-corrected chi connectivity index (χ0v) is 23.9. The summed E-state index contributed by atoms with van der Waals surface area (Å²) in [5.74, 6) is -0.644. The second kappa shape index (κ2) is 12.8. The Hall–Kier alpha value is -3.13. The molecule has 1 fully saturated rings. The normalized spacial score (nSPS) is 13.8. The Morgan fingerprint density at radius 3 is 2.51 bits per heavy atom. The van der Waals surface area contributed by atoms with E-state index in [1.807, 2.05) is 57.4 Å². The largest absolute Gasteiger partial charge is 0.492 e. The van der Waals surface area contributed by atoms with Gasteiger partial charge in [0, 0.05) is 34.3 Å². The topological polar surface area (TPSA) is 91.8 Å². The Morgan fingerprint density at radius 1 is 1.08 bits per heavy atom. The Labute approximate surface area is 239 Å². The summed E-state index contributed by atoms with van der Waals surface area (Å²) >= 11 is 13.1. The zero-order chi connectivity index (χ0) is 28.1. The molecule has 1 aliphatic rings. The van der Waals surface area contributed by atoms with Crippen molar-refractivity contribution in [2.24, 2.45) is 5.92 Å². The highest BCUT2D eigenvalue weighted by Gasteiger charge is 2.34. The number of nitrogens with one attached hydrogen (secondary N) is 1. The molecule has 1 heterocycles. The number of hydrogen-bond acceptors (Lipinski definition) is 5. The van der Waals surface area contributed by atoms with Crippen molar-refractivity contribution in [3.8, 4) is 28.1 Å². The van der Waals surface area contributed by atoms with Gasteiger partial charge in [0.2, 0.25) is 0 Å². The molecule has 1 amide bonds. The van der Waals surface area contributed by atoms with Gasteiger partial charge in [-0.3, -0.25) is 9.59 Å². The molecule has 1 aliphatic carbocycles. The molecule has 39 heavy (non-hydrogen) atoms. The number of aliphatic carboxylic acids is 1. The van der Waals surface area contributed by atoms with E-state index in [2.05, 4.69) is 10.2 Å². The molecule has 3 aromatic rings. The van der Waals surface area contributed by atoms with Crippen LogP contribution in [0.3, 0.4) is 0 Å². The fraction of sp³-hybridized carbons (Fsp3) is 0.367. The second-order valence-corrected chi connectivity index (χ2v) is 11.1. The molecule has 7 nitrogen and oxygen atoms in total. The minimum absolute atomic E-state index is 0.119. The first-order valence-corrected chi connectivity index (χ1v) is 13.8. The SMILES string of the molecule is Cc1ccc(Cl)c(-c2ccc(C(=O)NC(CC(=O)O)C3CC3)nc2-c2ccc(Cl)c(OCCCN(C)C)c2)c1. The van der Waals surface area contributed by atoms with Crippen molar-refractivity contribution < 1.29 is 19.4 Å². The number of halogens is 2. The first-order chi connectivity index (χ1) is 18.6. The molecule has 4 rings (SSSR count). The van der Waals surface area contributed by atoms with Gasteiger partial charge in [0.1, 0.15) is 11.4 Å². The van der Waals surface area contributed by atoms with E-state index in [1.54, 1.807) is 12.1 Å². The number of ether oxygens (including phenoxy) is 1. The fourth-order valence-corrected chi connectivity index (χ4v) is 4.85. The van der Waals surface area contributed by atoms with E-state index in [-0.39, 0.29) is 18.0 Å². The highest BCUT2D eigenvalue weighted by Crippen LogP contribution is 2.39. The van der Waals surface area contributed by atoms with Gasteiger partial charge < -0.3 is 20.1 Å². The van der Waals surface area contributed by atoms with E-state index in [4.69, 9.17) is 32.9 Å². The molecule has 1 atom stereocenters. The van der Waals surface area contributed by atoms with Crippen molar-refractivity contribution in [3.05, 3.63) is 69.8 Å². The Kier molecular flexibility index (Phi) is 9.49. The quantitative estimate of drug-likeness (QED) is 0.247. The molecule has 0 aliphatic heterocycles. The minimum Gasteiger partial charge on any atom is -0.492 e. The number of carbonyl (C=O) groups excluding carboxylic acids is 1. The number of aromatic nitrogens is 1. The summed E-state index contributed by atoms with van der Waals surface area (Å²) in [7, 11) is 4.02. The van der Waals surface area contributed by atoms with Gasteiger partial charge in [0.25, 0.3) is 5.91 Å². The van der Waals surface area contributed by atoms with Gasteiger partial charge in [-0.2, -0.15) is 0 Å². The number of pyridine rings is 1.